The maximum Gasteiger partial charge on any atom is 0.340 e. The van der Waals surface area contributed by atoms with Crippen molar-refractivity contribution in [2.45, 2.75) is 11.8 Å². The number of carbonyl (C=O) groups excluding carboxylic acids is 2. The Hall–Kier alpha value is -2.49. The third-order valence-electron chi connectivity index (χ3n) is 3.73. The van der Waals surface area contributed by atoms with Gasteiger partial charge in [-0.05, 0) is 42.8 Å². The lowest BCUT2D eigenvalue weighted by atomic mass is 10.2. The number of hydrogen-bond donors (Lipinski definition) is 1. The molecule has 1 N–H and O–H groups in total. The standard InChI is InChI=1S/C18H18ClFN2O5S/c1-11-4-5-12(8-16(11)20)21-17(23)10-27-18(24)14-9-13(6-7-15(14)19)28(25,26)22(2)3/h4-9H,10H2,1-3H3,(H,21,23). The van der Waals surface area contributed by atoms with Crippen LogP contribution in [-0.4, -0.2) is 45.3 Å². The summed E-state index contributed by atoms with van der Waals surface area (Å²) in [4.78, 5) is 24.0. The van der Waals surface area contributed by atoms with Crippen LogP contribution < -0.4 is 5.32 Å². The minimum atomic E-state index is -3.78. The van der Waals surface area contributed by atoms with Crippen LogP contribution in [-0.2, 0) is 19.6 Å². The van der Waals surface area contributed by atoms with Gasteiger partial charge in [0, 0.05) is 19.8 Å². The number of halogens is 2. The maximum atomic E-state index is 13.5. The van der Waals surface area contributed by atoms with Crippen molar-refractivity contribution in [2.24, 2.45) is 0 Å². The zero-order chi connectivity index (χ0) is 21.1. The average molecular weight is 429 g/mol. The molecule has 10 heteroatoms. The van der Waals surface area contributed by atoms with Crippen molar-refractivity contribution in [2.75, 3.05) is 26.0 Å². The Kier molecular flexibility index (Phi) is 6.76. The first kappa shape index (κ1) is 21.8. The number of nitrogens with zero attached hydrogens (tertiary/aromatic N) is 1. The number of aryl methyl sites for hydroxylation is 1. The number of benzene rings is 2. The smallest absolute Gasteiger partial charge is 0.340 e. The molecule has 0 aromatic heterocycles. The minimum absolute atomic E-state index is 0.0243. The van der Waals surface area contributed by atoms with Crippen LogP contribution in [0.25, 0.3) is 0 Å². The first-order valence-corrected chi connectivity index (χ1v) is 9.79. The molecular weight excluding hydrogens is 411 g/mol. The Labute approximate surface area is 167 Å². The predicted octanol–water partition coefficient (Wildman–Crippen LogP) is 2.83. The molecule has 0 saturated carbocycles. The topological polar surface area (TPSA) is 92.8 Å². The summed E-state index contributed by atoms with van der Waals surface area (Å²) in [6, 6.07) is 7.73. The van der Waals surface area contributed by atoms with Gasteiger partial charge in [0.1, 0.15) is 5.82 Å². The van der Waals surface area contributed by atoms with Crippen molar-refractivity contribution < 1.29 is 27.1 Å². The lowest BCUT2D eigenvalue weighted by Crippen LogP contribution is -2.23. The third kappa shape index (κ3) is 5.06. The summed E-state index contributed by atoms with van der Waals surface area (Å²) in [5.41, 5.74) is 0.437. The second kappa shape index (κ2) is 8.68. The molecule has 0 saturated heterocycles. The first-order valence-electron chi connectivity index (χ1n) is 7.97. The van der Waals surface area contributed by atoms with Gasteiger partial charge in [-0.25, -0.2) is 21.9 Å². The van der Waals surface area contributed by atoms with Crippen LogP contribution in [0.5, 0.6) is 0 Å². The molecule has 2 rings (SSSR count). The molecule has 0 fully saturated rings. The molecule has 28 heavy (non-hydrogen) atoms. The van der Waals surface area contributed by atoms with Crippen LogP contribution in [0.4, 0.5) is 10.1 Å². The molecular formula is C18H18ClFN2O5S. The van der Waals surface area contributed by atoms with Crippen LogP contribution in [0, 0.1) is 12.7 Å². The highest BCUT2D eigenvalue weighted by atomic mass is 35.5. The molecule has 0 aliphatic heterocycles. The van der Waals surface area contributed by atoms with E-state index in [4.69, 9.17) is 16.3 Å². The molecule has 7 nitrogen and oxygen atoms in total. The molecule has 0 atom stereocenters. The van der Waals surface area contributed by atoms with Gasteiger partial charge >= 0.3 is 5.97 Å². The van der Waals surface area contributed by atoms with Crippen molar-refractivity contribution in [1.29, 1.82) is 0 Å². The van der Waals surface area contributed by atoms with Gasteiger partial charge in [0.15, 0.2) is 6.61 Å². The normalized spacial score (nSPS) is 11.4. The Balaban J connectivity index is 2.08. The summed E-state index contributed by atoms with van der Waals surface area (Å²) >= 11 is 5.95. The number of amides is 1. The lowest BCUT2D eigenvalue weighted by Gasteiger charge is -2.13. The number of carbonyl (C=O) groups is 2. The van der Waals surface area contributed by atoms with Gasteiger partial charge in [0.05, 0.1) is 15.5 Å². The minimum Gasteiger partial charge on any atom is -0.452 e. The van der Waals surface area contributed by atoms with Crippen molar-refractivity contribution in [1.82, 2.24) is 4.31 Å². The molecule has 150 valence electrons. The monoisotopic (exact) mass is 428 g/mol. The van der Waals surface area contributed by atoms with E-state index in [0.29, 0.717) is 5.56 Å². The molecule has 0 spiro atoms. The summed E-state index contributed by atoms with van der Waals surface area (Å²) in [7, 11) is -1.08. The van der Waals surface area contributed by atoms with Crippen molar-refractivity contribution in [3.05, 3.63) is 58.4 Å². The van der Waals surface area contributed by atoms with E-state index >= 15 is 0 Å². The van der Waals surface area contributed by atoms with Crippen LogP contribution in [0.2, 0.25) is 5.02 Å². The second-order valence-electron chi connectivity index (χ2n) is 6.02. The summed E-state index contributed by atoms with van der Waals surface area (Å²) in [6.45, 7) is 0.923. The lowest BCUT2D eigenvalue weighted by molar-refractivity contribution is -0.119. The van der Waals surface area contributed by atoms with Gasteiger partial charge in [0.25, 0.3) is 5.91 Å². The van der Waals surface area contributed by atoms with Gasteiger partial charge in [-0.1, -0.05) is 17.7 Å². The molecule has 0 radical (unpaired) electrons. The quantitative estimate of drug-likeness (QED) is 0.714. The van der Waals surface area contributed by atoms with E-state index in [1.807, 2.05) is 0 Å². The van der Waals surface area contributed by atoms with Crippen LogP contribution >= 0.6 is 11.6 Å². The molecule has 0 heterocycles. The Morgan fingerprint density at radius 1 is 1.18 bits per heavy atom. The predicted molar refractivity (Wildman–Crippen MR) is 102 cm³/mol. The van der Waals surface area contributed by atoms with Crippen molar-refractivity contribution >= 4 is 39.2 Å². The maximum absolute atomic E-state index is 13.5. The largest absolute Gasteiger partial charge is 0.452 e. The van der Waals surface area contributed by atoms with E-state index in [1.54, 1.807) is 6.92 Å². The number of anilines is 1. The summed E-state index contributed by atoms with van der Waals surface area (Å²) in [6.07, 6.45) is 0. The highest BCUT2D eigenvalue weighted by Crippen LogP contribution is 2.23. The van der Waals surface area contributed by atoms with E-state index in [1.165, 1.54) is 38.4 Å². The molecule has 2 aromatic carbocycles. The van der Waals surface area contributed by atoms with Crippen LogP contribution in [0.1, 0.15) is 15.9 Å². The fourth-order valence-corrected chi connectivity index (χ4v) is 3.23. The first-order chi connectivity index (χ1) is 13.0. The van der Waals surface area contributed by atoms with E-state index in [-0.39, 0.29) is 21.2 Å². The average Bonchev–Trinajstić information content (AvgIpc) is 2.63. The SMILES string of the molecule is Cc1ccc(NC(=O)COC(=O)c2cc(S(=O)(=O)N(C)C)ccc2Cl)cc1F. The number of ether oxygens (including phenoxy) is 1. The van der Waals surface area contributed by atoms with E-state index in [9.17, 15) is 22.4 Å². The van der Waals surface area contributed by atoms with Crippen molar-refractivity contribution in [3.8, 4) is 0 Å². The number of hydrogen-bond acceptors (Lipinski definition) is 5. The van der Waals surface area contributed by atoms with Crippen LogP contribution in [0.15, 0.2) is 41.3 Å². The fraction of sp³-hybridized carbons (Fsp3) is 0.222. The van der Waals surface area contributed by atoms with Gasteiger partial charge in [-0.15, -0.1) is 0 Å². The van der Waals surface area contributed by atoms with Gasteiger partial charge in [-0.2, -0.15) is 0 Å². The Bertz CT molecular complexity index is 1020. The summed E-state index contributed by atoms with van der Waals surface area (Å²) in [5.74, 6) is -2.14. The number of rotatable bonds is 6. The van der Waals surface area contributed by atoms with Gasteiger partial charge < -0.3 is 10.1 Å². The zero-order valence-corrected chi connectivity index (χ0v) is 16.9. The summed E-state index contributed by atoms with van der Waals surface area (Å²) < 4.78 is 43.7. The molecule has 0 bridgehead atoms. The number of sulfonamides is 1. The highest BCUT2D eigenvalue weighted by Gasteiger charge is 2.22. The van der Waals surface area contributed by atoms with Crippen LogP contribution in [0.3, 0.4) is 0 Å². The van der Waals surface area contributed by atoms with Gasteiger partial charge in [0.2, 0.25) is 10.0 Å². The number of nitrogens with one attached hydrogen (secondary N) is 1. The highest BCUT2D eigenvalue weighted by molar-refractivity contribution is 7.89. The number of esters is 1. The molecule has 1 amide bonds. The molecule has 2 aromatic rings. The molecule has 0 aliphatic carbocycles. The third-order valence-corrected chi connectivity index (χ3v) is 5.87. The second-order valence-corrected chi connectivity index (χ2v) is 8.58. The summed E-state index contributed by atoms with van der Waals surface area (Å²) in [5, 5.41) is 2.37. The van der Waals surface area contributed by atoms with E-state index in [2.05, 4.69) is 5.32 Å². The van der Waals surface area contributed by atoms with Gasteiger partial charge in [-0.3, -0.25) is 4.79 Å². The van der Waals surface area contributed by atoms with E-state index in [0.717, 1.165) is 16.4 Å². The zero-order valence-electron chi connectivity index (χ0n) is 15.3. The Morgan fingerprint density at radius 2 is 1.86 bits per heavy atom. The van der Waals surface area contributed by atoms with E-state index < -0.39 is 34.3 Å². The molecule has 0 aliphatic rings. The Morgan fingerprint density at radius 3 is 2.46 bits per heavy atom. The van der Waals surface area contributed by atoms with Crippen molar-refractivity contribution in [3.63, 3.8) is 0 Å². The molecule has 0 unspecified atom stereocenters. The fourth-order valence-electron chi connectivity index (χ4n) is 2.11.